The lowest BCUT2D eigenvalue weighted by Crippen LogP contribution is -2.26. The lowest BCUT2D eigenvalue weighted by Gasteiger charge is -1.96. The molecule has 0 aromatic carbocycles. The fraction of sp³-hybridized carbons (Fsp3) is 0.250. The van der Waals surface area contributed by atoms with Gasteiger partial charge in [-0.1, -0.05) is 0 Å². The van der Waals surface area contributed by atoms with Gasteiger partial charge in [-0.15, -0.1) is 0 Å². The summed E-state index contributed by atoms with van der Waals surface area (Å²) in [6.45, 7) is 1.71. The summed E-state index contributed by atoms with van der Waals surface area (Å²) in [5, 5.41) is 0. The fourth-order valence-electron chi connectivity index (χ4n) is 1.27. The van der Waals surface area contributed by atoms with Crippen molar-refractivity contribution in [2.45, 2.75) is 13.3 Å². The van der Waals surface area contributed by atoms with Crippen molar-refractivity contribution in [2.75, 3.05) is 7.11 Å². The number of hydrogen-bond acceptors (Lipinski definition) is 6. The zero-order chi connectivity index (χ0) is 16.7. The minimum atomic E-state index is -0.599. The molecule has 10 heteroatoms. The number of rotatable bonds is 2. The standard InChI is InChI=1S/C7H8N2O4.C5H6N2OS/c1-13-5(10)2-4-3-8-7(12)9-6(4)11;1-3-2-6-5(9)7-4(3)8/h3H,2H2,1H3,(H2,8,9,11,12);2H,1H3,(H2,6,7,8,9). The van der Waals surface area contributed by atoms with Gasteiger partial charge in [0.05, 0.1) is 13.5 Å². The van der Waals surface area contributed by atoms with Crippen LogP contribution in [-0.4, -0.2) is 33.0 Å². The largest absolute Gasteiger partial charge is 0.469 e. The number of aryl methyl sites for hydroxylation is 1. The molecular weight excluding hydrogens is 312 g/mol. The molecule has 2 aromatic rings. The zero-order valence-electron chi connectivity index (χ0n) is 11.8. The third-order valence-corrected chi connectivity index (χ3v) is 2.68. The normalized spacial score (nSPS) is 9.55. The Balaban J connectivity index is 0.000000235. The molecule has 0 aliphatic heterocycles. The highest BCUT2D eigenvalue weighted by Gasteiger charge is 2.06. The van der Waals surface area contributed by atoms with Crippen molar-refractivity contribution < 1.29 is 9.53 Å². The topological polar surface area (TPSA) is 141 Å². The van der Waals surface area contributed by atoms with Gasteiger partial charge in [-0.2, -0.15) is 0 Å². The molecule has 2 aromatic heterocycles. The van der Waals surface area contributed by atoms with Crippen LogP contribution in [0.4, 0.5) is 0 Å². The molecule has 9 nitrogen and oxygen atoms in total. The van der Waals surface area contributed by atoms with Crippen LogP contribution in [0, 0.1) is 11.7 Å². The molecule has 2 heterocycles. The van der Waals surface area contributed by atoms with Crippen LogP contribution >= 0.6 is 12.2 Å². The summed E-state index contributed by atoms with van der Waals surface area (Å²) >= 11 is 4.65. The number of ether oxygens (including phenoxy) is 1. The molecule has 0 unspecified atom stereocenters. The quantitative estimate of drug-likeness (QED) is 0.434. The monoisotopic (exact) mass is 326 g/mol. The number of H-pyrrole nitrogens is 4. The molecule has 0 saturated carbocycles. The second kappa shape index (κ2) is 7.88. The number of nitrogens with one attached hydrogen (secondary N) is 4. The fourth-order valence-corrected chi connectivity index (χ4v) is 1.43. The maximum Gasteiger partial charge on any atom is 0.325 e. The summed E-state index contributed by atoms with van der Waals surface area (Å²) in [4.78, 5) is 52.4. The minimum absolute atomic E-state index is 0.126. The smallest absolute Gasteiger partial charge is 0.325 e. The first-order valence-corrected chi connectivity index (χ1v) is 6.40. The first kappa shape index (κ1) is 17.3. The van der Waals surface area contributed by atoms with E-state index < -0.39 is 17.2 Å². The van der Waals surface area contributed by atoms with Crippen LogP contribution in [0.2, 0.25) is 0 Å². The molecule has 4 N–H and O–H groups in total. The number of carbonyl (C=O) groups is 1. The van der Waals surface area contributed by atoms with Gasteiger partial charge in [0, 0.05) is 23.5 Å². The average molecular weight is 326 g/mol. The van der Waals surface area contributed by atoms with E-state index >= 15 is 0 Å². The molecule has 22 heavy (non-hydrogen) atoms. The summed E-state index contributed by atoms with van der Waals surface area (Å²) in [5.74, 6) is -0.530. The van der Waals surface area contributed by atoms with Crippen LogP contribution in [0.1, 0.15) is 11.1 Å². The van der Waals surface area contributed by atoms with E-state index in [1.165, 1.54) is 13.3 Å². The number of methoxy groups -OCH3 is 1. The van der Waals surface area contributed by atoms with Crippen LogP contribution in [0.3, 0.4) is 0 Å². The molecule has 0 aliphatic rings. The molecule has 118 valence electrons. The van der Waals surface area contributed by atoms with Gasteiger partial charge < -0.3 is 14.7 Å². The van der Waals surface area contributed by atoms with Gasteiger partial charge in [0.1, 0.15) is 0 Å². The molecule has 0 amide bonds. The minimum Gasteiger partial charge on any atom is -0.469 e. The molecule has 2 rings (SSSR count). The van der Waals surface area contributed by atoms with Crippen molar-refractivity contribution >= 4 is 18.2 Å². The van der Waals surface area contributed by atoms with Gasteiger partial charge in [0.2, 0.25) is 0 Å². The number of esters is 1. The second-order valence-corrected chi connectivity index (χ2v) is 4.51. The Morgan fingerprint density at radius 3 is 2.32 bits per heavy atom. The van der Waals surface area contributed by atoms with Crippen molar-refractivity contribution in [2.24, 2.45) is 0 Å². The van der Waals surface area contributed by atoms with E-state index in [2.05, 4.69) is 31.9 Å². The number of carbonyl (C=O) groups excluding carboxylic acids is 1. The highest BCUT2D eigenvalue weighted by Crippen LogP contribution is 1.88. The van der Waals surface area contributed by atoms with Gasteiger partial charge in [-0.25, -0.2) is 4.79 Å². The van der Waals surface area contributed by atoms with E-state index in [0.717, 1.165) is 0 Å². The van der Waals surface area contributed by atoms with E-state index in [9.17, 15) is 19.2 Å². The zero-order valence-corrected chi connectivity index (χ0v) is 12.6. The first-order chi connectivity index (χ1) is 10.3. The van der Waals surface area contributed by atoms with Crippen molar-refractivity contribution in [1.82, 2.24) is 19.9 Å². The Morgan fingerprint density at radius 1 is 1.14 bits per heavy atom. The SMILES string of the molecule is COC(=O)Cc1c[nH]c(=O)[nH]c1=O.Cc1c[nH]c(=S)[nH]c1=O. The van der Waals surface area contributed by atoms with E-state index in [0.29, 0.717) is 10.3 Å². The summed E-state index contributed by atoms with van der Waals surface area (Å²) < 4.78 is 4.72. The Kier molecular flexibility index (Phi) is 6.20. The number of aromatic amines is 4. The van der Waals surface area contributed by atoms with E-state index in [4.69, 9.17) is 0 Å². The van der Waals surface area contributed by atoms with Gasteiger partial charge in [-0.05, 0) is 19.1 Å². The highest BCUT2D eigenvalue weighted by molar-refractivity contribution is 7.71. The summed E-state index contributed by atoms with van der Waals surface area (Å²) in [5.41, 5.74) is -0.485. The molecular formula is C12H14N4O5S. The van der Waals surface area contributed by atoms with Crippen molar-refractivity contribution in [3.8, 4) is 0 Å². The summed E-state index contributed by atoms with van der Waals surface area (Å²) in [6, 6.07) is 0. The third-order valence-electron chi connectivity index (χ3n) is 2.46. The van der Waals surface area contributed by atoms with E-state index in [1.54, 1.807) is 13.1 Å². The number of hydrogen-bond donors (Lipinski definition) is 4. The van der Waals surface area contributed by atoms with Crippen LogP contribution in [0.25, 0.3) is 0 Å². The Bertz CT molecular complexity index is 876. The Labute approximate surface area is 128 Å². The molecule has 0 fully saturated rings. The number of aromatic nitrogens is 4. The van der Waals surface area contributed by atoms with Gasteiger partial charge >= 0.3 is 11.7 Å². The van der Waals surface area contributed by atoms with E-state index in [-0.39, 0.29) is 17.5 Å². The summed E-state index contributed by atoms with van der Waals surface area (Å²) in [6.07, 6.45) is 2.63. The maximum absolute atomic E-state index is 11.0. The van der Waals surface area contributed by atoms with Crippen LogP contribution in [-0.2, 0) is 16.0 Å². The highest BCUT2D eigenvalue weighted by atomic mass is 32.1. The molecule has 0 saturated heterocycles. The second-order valence-electron chi connectivity index (χ2n) is 4.11. The molecule has 0 atom stereocenters. The Morgan fingerprint density at radius 2 is 1.82 bits per heavy atom. The van der Waals surface area contributed by atoms with Crippen LogP contribution in [0.5, 0.6) is 0 Å². The lowest BCUT2D eigenvalue weighted by atomic mass is 10.2. The predicted molar refractivity (Wildman–Crippen MR) is 80.4 cm³/mol. The molecule has 0 aliphatic carbocycles. The third kappa shape index (κ3) is 5.32. The van der Waals surface area contributed by atoms with Gasteiger partial charge in [-0.3, -0.25) is 24.4 Å². The van der Waals surface area contributed by atoms with Crippen molar-refractivity contribution in [3.63, 3.8) is 0 Å². The first-order valence-electron chi connectivity index (χ1n) is 5.99. The molecule has 0 radical (unpaired) electrons. The van der Waals surface area contributed by atoms with Crippen LogP contribution in [0.15, 0.2) is 26.8 Å². The van der Waals surface area contributed by atoms with Crippen molar-refractivity contribution in [3.05, 3.63) is 59.5 Å². The maximum atomic E-state index is 11.0. The van der Waals surface area contributed by atoms with Crippen molar-refractivity contribution in [1.29, 1.82) is 0 Å². The Hall–Kier alpha value is -2.75. The predicted octanol–water partition coefficient (Wildman–Crippen LogP) is -0.480. The molecule has 0 spiro atoms. The average Bonchev–Trinajstić information content (AvgIpc) is 2.47. The lowest BCUT2D eigenvalue weighted by molar-refractivity contribution is -0.139. The van der Waals surface area contributed by atoms with Gasteiger partial charge in [0.15, 0.2) is 4.77 Å². The van der Waals surface area contributed by atoms with Crippen LogP contribution < -0.4 is 16.8 Å². The summed E-state index contributed by atoms with van der Waals surface area (Å²) in [7, 11) is 1.22. The van der Waals surface area contributed by atoms with Gasteiger partial charge in [0.25, 0.3) is 11.1 Å². The molecule has 0 bridgehead atoms. The van der Waals surface area contributed by atoms with E-state index in [1.807, 2.05) is 4.98 Å².